The zero-order valence-electron chi connectivity index (χ0n) is 10.6. The second-order valence-corrected chi connectivity index (χ2v) is 5.54. The zero-order chi connectivity index (χ0) is 12.8. The van der Waals surface area contributed by atoms with Gasteiger partial charge in [-0.1, -0.05) is 55.8 Å². The van der Waals surface area contributed by atoms with Crippen LogP contribution in [0.15, 0.2) is 54.6 Å². The van der Waals surface area contributed by atoms with Crippen LogP contribution in [-0.2, 0) is 0 Å². The molecular formula is C16H18IN. The lowest BCUT2D eigenvalue weighted by Crippen LogP contribution is -2.11. The van der Waals surface area contributed by atoms with E-state index in [4.69, 9.17) is 0 Å². The summed E-state index contributed by atoms with van der Waals surface area (Å²) < 4.78 is 1.27. The molecule has 1 unspecified atom stereocenters. The highest BCUT2D eigenvalue weighted by Crippen LogP contribution is 2.26. The molecule has 0 amide bonds. The highest BCUT2D eigenvalue weighted by molar-refractivity contribution is 14.1. The molecule has 0 bridgehead atoms. The second-order valence-electron chi connectivity index (χ2n) is 4.38. The summed E-state index contributed by atoms with van der Waals surface area (Å²) in [6.07, 6.45) is 2.32. The van der Waals surface area contributed by atoms with E-state index in [0.717, 1.165) is 6.42 Å². The Hall–Kier alpha value is -1.03. The standard InChI is InChI=1S/C16H18IN/c1-2-8-15(13-9-4-3-5-10-13)18-16-12-7-6-11-14(16)17/h3-7,9-12,15,18H,2,8H2,1H3. The van der Waals surface area contributed by atoms with Crippen LogP contribution in [0.1, 0.15) is 31.4 Å². The minimum Gasteiger partial charge on any atom is -0.377 e. The van der Waals surface area contributed by atoms with Crippen LogP contribution in [0.25, 0.3) is 0 Å². The van der Waals surface area contributed by atoms with Gasteiger partial charge in [0.15, 0.2) is 0 Å². The molecule has 94 valence electrons. The van der Waals surface area contributed by atoms with Crippen molar-refractivity contribution in [3.8, 4) is 0 Å². The molecule has 2 aromatic rings. The number of hydrogen-bond acceptors (Lipinski definition) is 1. The van der Waals surface area contributed by atoms with Crippen molar-refractivity contribution in [3.63, 3.8) is 0 Å². The van der Waals surface area contributed by atoms with Gasteiger partial charge in [-0.3, -0.25) is 0 Å². The molecule has 0 fully saturated rings. The predicted octanol–water partition coefficient (Wildman–Crippen LogP) is 5.24. The molecule has 0 radical (unpaired) electrons. The lowest BCUT2D eigenvalue weighted by atomic mass is 10.0. The quantitative estimate of drug-likeness (QED) is 0.726. The molecule has 1 N–H and O–H groups in total. The third-order valence-corrected chi connectivity index (χ3v) is 3.92. The molecule has 0 spiro atoms. The predicted molar refractivity (Wildman–Crippen MR) is 86.9 cm³/mol. The maximum absolute atomic E-state index is 3.66. The Bertz CT molecular complexity index is 481. The summed E-state index contributed by atoms with van der Waals surface area (Å²) in [7, 11) is 0. The van der Waals surface area contributed by atoms with Gasteiger partial charge in [0, 0.05) is 9.26 Å². The van der Waals surface area contributed by atoms with E-state index >= 15 is 0 Å². The highest BCUT2D eigenvalue weighted by atomic mass is 127. The molecular weight excluding hydrogens is 333 g/mol. The van der Waals surface area contributed by atoms with E-state index in [9.17, 15) is 0 Å². The Kier molecular flexibility index (Phi) is 5.05. The summed E-state index contributed by atoms with van der Waals surface area (Å²) in [5, 5.41) is 3.66. The van der Waals surface area contributed by atoms with Crippen molar-refractivity contribution in [2.24, 2.45) is 0 Å². The number of benzene rings is 2. The van der Waals surface area contributed by atoms with Crippen molar-refractivity contribution < 1.29 is 0 Å². The number of halogens is 1. The van der Waals surface area contributed by atoms with Crippen LogP contribution in [0.2, 0.25) is 0 Å². The van der Waals surface area contributed by atoms with Gasteiger partial charge in [0.25, 0.3) is 0 Å². The van der Waals surface area contributed by atoms with Crippen LogP contribution < -0.4 is 5.32 Å². The summed E-state index contributed by atoms with van der Waals surface area (Å²) in [6.45, 7) is 2.23. The van der Waals surface area contributed by atoms with Gasteiger partial charge in [-0.05, 0) is 46.7 Å². The molecule has 0 aliphatic carbocycles. The lowest BCUT2D eigenvalue weighted by Gasteiger charge is -2.20. The molecule has 0 heterocycles. The molecule has 1 atom stereocenters. The van der Waals surface area contributed by atoms with Crippen LogP contribution in [0, 0.1) is 3.57 Å². The molecule has 2 aromatic carbocycles. The van der Waals surface area contributed by atoms with Crippen LogP contribution >= 0.6 is 22.6 Å². The monoisotopic (exact) mass is 351 g/mol. The topological polar surface area (TPSA) is 12.0 Å². The van der Waals surface area contributed by atoms with Gasteiger partial charge in [0.2, 0.25) is 0 Å². The molecule has 0 aliphatic rings. The van der Waals surface area contributed by atoms with E-state index in [1.807, 2.05) is 0 Å². The summed E-state index contributed by atoms with van der Waals surface area (Å²) in [4.78, 5) is 0. The Morgan fingerprint density at radius 3 is 2.33 bits per heavy atom. The van der Waals surface area contributed by atoms with Crippen molar-refractivity contribution >= 4 is 28.3 Å². The molecule has 0 aromatic heterocycles. The first-order valence-corrected chi connectivity index (χ1v) is 7.45. The fourth-order valence-corrected chi connectivity index (χ4v) is 2.61. The molecule has 1 nitrogen and oxygen atoms in total. The van der Waals surface area contributed by atoms with Crippen LogP contribution in [0.4, 0.5) is 5.69 Å². The van der Waals surface area contributed by atoms with E-state index in [2.05, 4.69) is 89.4 Å². The van der Waals surface area contributed by atoms with Crippen LogP contribution in [0.3, 0.4) is 0 Å². The SMILES string of the molecule is CCCC(Nc1ccccc1I)c1ccccc1. The van der Waals surface area contributed by atoms with E-state index in [0.29, 0.717) is 6.04 Å². The van der Waals surface area contributed by atoms with E-state index in [1.54, 1.807) is 0 Å². The third-order valence-electron chi connectivity index (χ3n) is 2.98. The number of para-hydroxylation sites is 1. The Labute approximate surface area is 123 Å². The maximum Gasteiger partial charge on any atom is 0.0514 e. The zero-order valence-corrected chi connectivity index (χ0v) is 12.7. The average Bonchev–Trinajstić information content (AvgIpc) is 2.42. The van der Waals surface area contributed by atoms with Gasteiger partial charge < -0.3 is 5.32 Å². The van der Waals surface area contributed by atoms with Gasteiger partial charge in [-0.2, -0.15) is 0 Å². The molecule has 0 saturated carbocycles. The average molecular weight is 351 g/mol. The maximum atomic E-state index is 3.66. The fraction of sp³-hybridized carbons (Fsp3) is 0.250. The fourth-order valence-electron chi connectivity index (χ4n) is 2.06. The Morgan fingerprint density at radius 2 is 1.67 bits per heavy atom. The number of rotatable bonds is 5. The first kappa shape index (κ1) is 13.4. The van der Waals surface area contributed by atoms with Crippen LogP contribution in [0.5, 0.6) is 0 Å². The molecule has 0 aliphatic heterocycles. The summed E-state index contributed by atoms with van der Waals surface area (Å²) >= 11 is 2.38. The van der Waals surface area contributed by atoms with Gasteiger partial charge >= 0.3 is 0 Å². The Balaban J connectivity index is 2.19. The Morgan fingerprint density at radius 1 is 1.00 bits per heavy atom. The second kappa shape index (κ2) is 6.78. The van der Waals surface area contributed by atoms with Crippen molar-refractivity contribution in [2.75, 3.05) is 5.32 Å². The van der Waals surface area contributed by atoms with Gasteiger partial charge in [-0.25, -0.2) is 0 Å². The van der Waals surface area contributed by atoms with Gasteiger partial charge in [0.05, 0.1) is 6.04 Å². The third kappa shape index (κ3) is 3.48. The summed E-state index contributed by atoms with van der Waals surface area (Å²) in [5.41, 5.74) is 2.58. The minimum absolute atomic E-state index is 0.395. The number of nitrogens with one attached hydrogen (secondary N) is 1. The first-order chi connectivity index (χ1) is 8.81. The van der Waals surface area contributed by atoms with E-state index in [1.165, 1.54) is 21.2 Å². The van der Waals surface area contributed by atoms with Crippen molar-refractivity contribution in [2.45, 2.75) is 25.8 Å². The minimum atomic E-state index is 0.395. The largest absolute Gasteiger partial charge is 0.377 e. The highest BCUT2D eigenvalue weighted by Gasteiger charge is 2.10. The van der Waals surface area contributed by atoms with Gasteiger partial charge in [-0.15, -0.1) is 0 Å². The van der Waals surface area contributed by atoms with Crippen molar-refractivity contribution in [3.05, 3.63) is 63.7 Å². The number of hydrogen-bond donors (Lipinski definition) is 1. The lowest BCUT2D eigenvalue weighted by molar-refractivity contribution is 0.677. The molecule has 18 heavy (non-hydrogen) atoms. The first-order valence-electron chi connectivity index (χ1n) is 6.37. The van der Waals surface area contributed by atoms with E-state index in [-0.39, 0.29) is 0 Å². The summed E-state index contributed by atoms with van der Waals surface area (Å²) in [6, 6.07) is 19.5. The molecule has 2 heteroatoms. The molecule has 2 rings (SSSR count). The van der Waals surface area contributed by atoms with Crippen LogP contribution in [-0.4, -0.2) is 0 Å². The normalized spacial score (nSPS) is 12.1. The smallest absolute Gasteiger partial charge is 0.0514 e. The number of anilines is 1. The molecule has 0 saturated heterocycles. The van der Waals surface area contributed by atoms with Crippen molar-refractivity contribution in [1.82, 2.24) is 0 Å². The van der Waals surface area contributed by atoms with Gasteiger partial charge in [0.1, 0.15) is 0 Å². The van der Waals surface area contributed by atoms with E-state index < -0.39 is 0 Å². The van der Waals surface area contributed by atoms with Crippen molar-refractivity contribution in [1.29, 1.82) is 0 Å². The summed E-state index contributed by atoms with van der Waals surface area (Å²) in [5.74, 6) is 0.